The third-order valence-electron chi connectivity index (χ3n) is 6.69. The summed E-state index contributed by atoms with van der Waals surface area (Å²) in [5, 5.41) is 15.5. The number of carbonyl (C=O) groups excluding carboxylic acids is 2. The summed E-state index contributed by atoms with van der Waals surface area (Å²) in [5.74, 6) is -0.197. The standard InChI is InChI=1S/C32H26N4O2S2/c37-29(35-31-33-27(19-39-31)25-15-7-11-21-9-1-3-13-23(21)25)17-5-6-18-30(38)36-32-34-28(20-40-32)26-16-8-12-22-10-2-4-14-24(22)26/h1-4,7-16,19-20H,5-6,17-18H2,(H,33,35,37)(H,34,36,38). The maximum absolute atomic E-state index is 12.5. The zero-order valence-corrected chi connectivity index (χ0v) is 23.2. The van der Waals surface area contributed by atoms with Crippen molar-refractivity contribution < 1.29 is 9.59 Å². The fraction of sp³-hybridized carbons (Fsp3) is 0.125. The van der Waals surface area contributed by atoms with E-state index in [0.717, 1.165) is 44.1 Å². The van der Waals surface area contributed by atoms with Crippen LogP contribution in [0.5, 0.6) is 0 Å². The number of anilines is 2. The number of fused-ring (bicyclic) bond motifs is 2. The molecule has 0 atom stereocenters. The van der Waals surface area contributed by atoms with E-state index in [1.165, 1.54) is 22.7 Å². The molecule has 2 N–H and O–H groups in total. The molecule has 2 amide bonds. The van der Waals surface area contributed by atoms with Crippen LogP contribution in [0.25, 0.3) is 44.1 Å². The van der Waals surface area contributed by atoms with Gasteiger partial charge in [-0.1, -0.05) is 84.9 Å². The number of aromatic nitrogens is 2. The molecule has 0 fully saturated rings. The molecule has 4 aromatic carbocycles. The first kappa shape index (κ1) is 25.9. The van der Waals surface area contributed by atoms with Gasteiger partial charge in [-0.3, -0.25) is 9.59 Å². The second kappa shape index (κ2) is 11.8. The minimum Gasteiger partial charge on any atom is -0.302 e. The van der Waals surface area contributed by atoms with Crippen molar-refractivity contribution in [2.75, 3.05) is 10.6 Å². The number of thiazole rings is 2. The molecule has 0 spiro atoms. The second-order valence-corrected chi connectivity index (χ2v) is 11.1. The van der Waals surface area contributed by atoms with E-state index in [0.29, 0.717) is 35.9 Å². The minimum atomic E-state index is -0.0983. The topological polar surface area (TPSA) is 84.0 Å². The van der Waals surface area contributed by atoms with Crippen LogP contribution >= 0.6 is 22.7 Å². The summed E-state index contributed by atoms with van der Waals surface area (Å²) < 4.78 is 0. The number of unbranched alkanes of at least 4 members (excludes halogenated alkanes) is 1. The lowest BCUT2D eigenvalue weighted by atomic mass is 10.0. The van der Waals surface area contributed by atoms with Crippen LogP contribution < -0.4 is 10.6 Å². The summed E-state index contributed by atoms with van der Waals surface area (Å²) >= 11 is 2.83. The van der Waals surface area contributed by atoms with Crippen LogP contribution in [0.2, 0.25) is 0 Å². The lowest BCUT2D eigenvalue weighted by Crippen LogP contribution is -2.13. The van der Waals surface area contributed by atoms with Crippen molar-refractivity contribution in [1.29, 1.82) is 0 Å². The van der Waals surface area contributed by atoms with Crippen molar-refractivity contribution in [3.63, 3.8) is 0 Å². The summed E-state index contributed by atoms with van der Waals surface area (Å²) in [5.41, 5.74) is 3.79. The summed E-state index contributed by atoms with van der Waals surface area (Å²) in [4.78, 5) is 34.2. The molecule has 0 aliphatic carbocycles. The fourth-order valence-corrected chi connectivity index (χ4v) is 6.20. The van der Waals surface area contributed by atoms with Crippen LogP contribution in [0.15, 0.2) is 95.7 Å². The van der Waals surface area contributed by atoms with Crippen molar-refractivity contribution in [3.8, 4) is 22.5 Å². The Kier molecular flexibility index (Phi) is 7.61. The molecular formula is C32H26N4O2S2. The number of carbonyl (C=O) groups is 2. The Labute approximate surface area is 239 Å². The number of amides is 2. The lowest BCUT2D eigenvalue weighted by molar-refractivity contribution is -0.118. The van der Waals surface area contributed by atoms with Crippen LogP contribution in [0.1, 0.15) is 25.7 Å². The number of rotatable bonds is 9. The molecule has 198 valence electrons. The summed E-state index contributed by atoms with van der Waals surface area (Å²) in [7, 11) is 0. The van der Waals surface area contributed by atoms with Crippen LogP contribution in [0.3, 0.4) is 0 Å². The van der Waals surface area contributed by atoms with Gasteiger partial charge >= 0.3 is 0 Å². The Morgan fingerprint density at radius 1 is 0.575 bits per heavy atom. The highest BCUT2D eigenvalue weighted by Crippen LogP contribution is 2.32. The van der Waals surface area contributed by atoms with Gasteiger partial charge in [0.05, 0.1) is 11.4 Å². The number of hydrogen-bond donors (Lipinski definition) is 2. The highest BCUT2D eigenvalue weighted by atomic mass is 32.1. The van der Waals surface area contributed by atoms with Crippen molar-refractivity contribution in [2.45, 2.75) is 25.7 Å². The molecule has 6 aromatic rings. The Morgan fingerprint density at radius 3 is 1.48 bits per heavy atom. The van der Waals surface area contributed by atoms with Crippen molar-refractivity contribution >= 4 is 66.3 Å². The SMILES string of the molecule is O=C(CCCCC(=O)Nc1nc(-c2cccc3ccccc23)cs1)Nc1nc(-c2cccc3ccccc23)cs1. The summed E-state index contributed by atoms with van der Waals surface area (Å²) in [6, 6.07) is 28.7. The molecule has 6 rings (SSSR count). The van der Waals surface area contributed by atoms with E-state index in [4.69, 9.17) is 0 Å². The van der Waals surface area contributed by atoms with Crippen LogP contribution in [-0.2, 0) is 9.59 Å². The average Bonchev–Trinajstić information content (AvgIpc) is 3.64. The van der Waals surface area contributed by atoms with E-state index < -0.39 is 0 Å². The van der Waals surface area contributed by atoms with Crippen LogP contribution in [0, 0.1) is 0 Å². The van der Waals surface area contributed by atoms with Crippen molar-refractivity contribution in [3.05, 3.63) is 95.7 Å². The molecule has 0 aliphatic rings. The van der Waals surface area contributed by atoms with Gasteiger partial charge < -0.3 is 10.6 Å². The number of nitrogens with zero attached hydrogens (tertiary/aromatic N) is 2. The van der Waals surface area contributed by atoms with Crippen molar-refractivity contribution in [1.82, 2.24) is 9.97 Å². The van der Waals surface area contributed by atoms with Gasteiger partial charge in [-0.15, -0.1) is 22.7 Å². The molecule has 40 heavy (non-hydrogen) atoms. The number of hydrogen-bond acceptors (Lipinski definition) is 6. The molecule has 8 heteroatoms. The zero-order chi connectivity index (χ0) is 27.3. The summed E-state index contributed by atoms with van der Waals surface area (Å²) in [6.07, 6.45) is 1.89. The van der Waals surface area contributed by atoms with E-state index in [1.54, 1.807) is 0 Å². The molecule has 0 saturated carbocycles. The van der Waals surface area contributed by atoms with Gasteiger partial charge in [-0.2, -0.15) is 0 Å². The Hall–Kier alpha value is -4.40. The lowest BCUT2D eigenvalue weighted by Gasteiger charge is -2.04. The predicted octanol–water partition coefficient (Wildman–Crippen LogP) is 8.38. The van der Waals surface area contributed by atoms with E-state index in [1.807, 2.05) is 59.3 Å². The van der Waals surface area contributed by atoms with Gasteiger partial charge in [-0.25, -0.2) is 9.97 Å². The van der Waals surface area contributed by atoms with Crippen molar-refractivity contribution in [2.24, 2.45) is 0 Å². The molecule has 2 aromatic heterocycles. The van der Waals surface area contributed by atoms with E-state index in [-0.39, 0.29) is 11.8 Å². The Morgan fingerprint density at radius 2 is 1.00 bits per heavy atom. The summed E-state index contributed by atoms with van der Waals surface area (Å²) in [6.45, 7) is 0. The van der Waals surface area contributed by atoms with E-state index >= 15 is 0 Å². The molecular weight excluding hydrogens is 537 g/mol. The van der Waals surface area contributed by atoms with Gasteiger partial charge in [-0.05, 0) is 34.4 Å². The van der Waals surface area contributed by atoms with Crippen LogP contribution in [-0.4, -0.2) is 21.8 Å². The molecule has 0 unspecified atom stereocenters. The Balaban J connectivity index is 0.971. The quantitative estimate of drug-likeness (QED) is 0.173. The molecule has 0 bridgehead atoms. The number of nitrogens with one attached hydrogen (secondary N) is 2. The van der Waals surface area contributed by atoms with Gasteiger partial charge in [0.1, 0.15) is 0 Å². The first-order chi connectivity index (χ1) is 19.6. The van der Waals surface area contributed by atoms with Gasteiger partial charge in [0.25, 0.3) is 0 Å². The number of benzene rings is 4. The third-order valence-corrected chi connectivity index (χ3v) is 8.21. The first-order valence-corrected chi connectivity index (χ1v) is 14.9. The fourth-order valence-electron chi connectivity index (χ4n) is 4.74. The first-order valence-electron chi connectivity index (χ1n) is 13.1. The normalized spacial score (nSPS) is 11.1. The zero-order valence-electron chi connectivity index (χ0n) is 21.6. The van der Waals surface area contributed by atoms with Gasteiger partial charge in [0.15, 0.2) is 10.3 Å². The van der Waals surface area contributed by atoms with E-state index in [2.05, 4.69) is 57.0 Å². The van der Waals surface area contributed by atoms with E-state index in [9.17, 15) is 9.59 Å². The highest BCUT2D eigenvalue weighted by Gasteiger charge is 2.12. The molecule has 0 radical (unpaired) electrons. The highest BCUT2D eigenvalue weighted by molar-refractivity contribution is 7.14. The third kappa shape index (κ3) is 5.78. The van der Waals surface area contributed by atoms with Gasteiger partial charge in [0, 0.05) is 34.7 Å². The smallest absolute Gasteiger partial charge is 0.226 e. The minimum absolute atomic E-state index is 0.0983. The predicted molar refractivity (Wildman–Crippen MR) is 166 cm³/mol. The maximum atomic E-state index is 12.5. The molecule has 6 nitrogen and oxygen atoms in total. The Bertz CT molecular complexity index is 1680. The van der Waals surface area contributed by atoms with Gasteiger partial charge in [0.2, 0.25) is 11.8 Å². The largest absolute Gasteiger partial charge is 0.302 e. The van der Waals surface area contributed by atoms with Crippen LogP contribution in [0.4, 0.5) is 10.3 Å². The second-order valence-electron chi connectivity index (χ2n) is 9.43. The molecule has 0 saturated heterocycles. The molecule has 0 aliphatic heterocycles. The average molecular weight is 563 g/mol. The maximum Gasteiger partial charge on any atom is 0.226 e. The molecule has 2 heterocycles. The monoisotopic (exact) mass is 562 g/mol.